The average Bonchev–Trinajstić information content (AvgIpc) is 3.23. The van der Waals surface area contributed by atoms with Crippen LogP contribution in [0.4, 0.5) is 23.7 Å². The molecule has 3 aromatic carbocycles. The lowest BCUT2D eigenvalue weighted by Gasteiger charge is -2.21. The summed E-state index contributed by atoms with van der Waals surface area (Å²) in [6.45, 7) is 5.73. The van der Waals surface area contributed by atoms with Crippen LogP contribution in [0.15, 0.2) is 65.6 Å². The number of amides is 3. The van der Waals surface area contributed by atoms with E-state index in [4.69, 9.17) is 0 Å². The Labute approximate surface area is 233 Å². The van der Waals surface area contributed by atoms with E-state index in [1.165, 1.54) is 31.3 Å². The summed E-state index contributed by atoms with van der Waals surface area (Å²) in [5.41, 5.74) is 3.12. The molecule has 0 spiro atoms. The number of imide groups is 1. The Morgan fingerprint density at radius 1 is 0.975 bits per heavy atom. The number of fused-ring (bicyclic) bond motifs is 1. The lowest BCUT2D eigenvalue weighted by Crippen LogP contribution is -2.35. The van der Waals surface area contributed by atoms with Crippen LogP contribution >= 0.6 is 11.8 Å². The minimum absolute atomic E-state index is 0.112. The minimum atomic E-state index is -4.94. The molecular weight excluding hydrogens is 541 g/mol. The second kappa shape index (κ2) is 9.85. The van der Waals surface area contributed by atoms with E-state index in [1.54, 1.807) is 17.9 Å². The summed E-state index contributed by atoms with van der Waals surface area (Å²) >= 11 is 0.756. The number of carbonyl (C=O) groups excluding carboxylic acids is 3. The van der Waals surface area contributed by atoms with Gasteiger partial charge >= 0.3 is 6.36 Å². The van der Waals surface area contributed by atoms with Crippen molar-refractivity contribution < 1.29 is 32.3 Å². The number of rotatable bonds is 5. The zero-order valence-electron chi connectivity index (χ0n) is 22.1. The fourth-order valence-corrected chi connectivity index (χ4v) is 5.78. The van der Waals surface area contributed by atoms with Gasteiger partial charge in [-0.25, -0.2) is 0 Å². The molecule has 0 bridgehead atoms. The van der Waals surface area contributed by atoms with Crippen LogP contribution in [-0.4, -0.2) is 35.4 Å². The highest BCUT2D eigenvalue weighted by molar-refractivity contribution is 8.18. The Bertz CT molecular complexity index is 1580. The Balaban J connectivity index is 1.65. The van der Waals surface area contributed by atoms with Crippen molar-refractivity contribution in [1.82, 2.24) is 4.90 Å². The van der Waals surface area contributed by atoms with Gasteiger partial charge in [-0.2, -0.15) is 0 Å². The normalized spacial score (nSPS) is 17.7. The molecule has 3 aromatic rings. The number of hydrogen-bond donors (Lipinski definition) is 0. The first-order chi connectivity index (χ1) is 18.8. The van der Waals surface area contributed by atoms with Crippen molar-refractivity contribution in [3.05, 3.63) is 87.8 Å². The number of carbonyl (C=O) groups is 3. The number of nitrogens with zero attached hydrogens (tertiary/aromatic N) is 2. The smallest absolute Gasteiger partial charge is 0.405 e. The third-order valence-corrected chi connectivity index (χ3v) is 8.03. The molecule has 40 heavy (non-hydrogen) atoms. The van der Waals surface area contributed by atoms with E-state index in [2.05, 4.69) is 4.74 Å². The fourth-order valence-electron chi connectivity index (χ4n) is 4.95. The van der Waals surface area contributed by atoms with Gasteiger partial charge in [0, 0.05) is 18.3 Å². The van der Waals surface area contributed by atoms with Crippen molar-refractivity contribution in [2.45, 2.75) is 39.1 Å². The van der Waals surface area contributed by atoms with E-state index in [-0.39, 0.29) is 16.4 Å². The predicted molar refractivity (Wildman–Crippen MR) is 148 cm³/mol. The van der Waals surface area contributed by atoms with Crippen LogP contribution in [-0.2, 0) is 21.5 Å². The number of halogens is 3. The Morgan fingerprint density at radius 3 is 2.30 bits per heavy atom. The van der Waals surface area contributed by atoms with E-state index in [1.807, 2.05) is 50.2 Å². The van der Waals surface area contributed by atoms with Crippen molar-refractivity contribution >= 4 is 40.6 Å². The maximum Gasteiger partial charge on any atom is 0.573 e. The summed E-state index contributed by atoms with van der Waals surface area (Å²) in [6.07, 6.45) is -3.48. The van der Waals surface area contributed by atoms with Crippen LogP contribution in [0.3, 0.4) is 0 Å². The van der Waals surface area contributed by atoms with Gasteiger partial charge in [0.25, 0.3) is 11.1 Å². The van der Waals surface area contributed by atoms with Gasteiger partial charge in [-0.3, -0.25) is 19.3 Å². The second-order valence-corrected chi connectivity index (χ2v) is 11.2. The molecule has 3 amide bonds. The molecule has 0 radical (unpaired) electrons. The standard InChI is InChI=1S/C30H25F3N2O4S/c1-17-12-22-23(35(27(37)29(22,2)3)16-18-8-6-5-7-9-18)15-20(17)21-13-19(10-11-24(21)39-30(31,32)33)14-25-26(36)34(4)28(38)40-25/h5-15H,16H2,1-4H3/b25-14+. The molecular formula is C30H25F3N2O4S. The van der Waals surface area contributed by atoms with E-state index < -0.39 is 28.7 Å². The van der Waals surface area contributed by atoms with Crippen molar-refractivity contribution in [2.75, 3.05) is 11.9 Å². The largest absolute Gasteiger partial charge is 0.573 e. The summed E-state index contributed by atoms with van der Waals surface area (Å²) in [7, 11) is 1.36. The molecule has 1 fully saturated rings. The number of aryl methyl sites for hydroxylation is 1. The lowest BCUT2D eigenvalue weighted by molar-refractivity contribution is -0.274. The van der Waals surface area contributed by atoms with E-state index in [0.717, 1.165) is 27.8 Å². The SMILES string of the molecule is Cc1cc2c(cc1-c1cc(/C=C3/SC(=O)N(C)C3=O)ccc1OC(F)(F)F)N(Cc1ccccc1)C(=O)C2(C)C. The molecule has 0 N–H and O–H groups in total. The van der Waals surface area contributed by atoms with E-state index in [9.17, 15) is 27.6 Å². The summed E-state index contributed by atoms with van der Waals surface area (Å²) in [4.78, 5) is 40.6. The van der Waals surface area contributed by atoms with E-state index >= 15 is 0 Å². The number of ether oxygens (including phenoxy) is 1. The highest BCUT2D eigenvalue weighted by Gasteiger charge is 2.44. The number of thioether (sulfide) groups is 1. The van der Waals surface area contributed by atoms with Gasteiger partial charge in [0.15, 0.2) is 0 Å². The molecule has 0 atom stereocenters. The van der Waals surface area contributed by atoms with Gasteiger partial charge in [-0.15, -0.1) is 13.2 Å². The van der Waals surface area contributed by atoms with Crippen LogP contribution in [0.2, 0.25) is 0 Å². The third kappa shape index (κ3) is 4.99. The van der Waals surface area contributed by atoms with Gasteiger partial charge < -0.3 is 9.64 Å². The summed E-state index contributed by atoms with van der Waals surface area (Å²) in [6, 6.07) is 17.1. The Hall–Kier alpha value is -4.05. The van der Waals surface area contributed by atoms with Crippen LogP contribution < -0.4 is 9.64 Å². The topological polar surface area (TPSA) is 66.9 Å². The quantitative estimate of drug-likeness (QED) is 0.310. The summed E-state index contributed by atoms with van der Waals surface area (Å²) in [5.74, 6) is -1.02. The number of benzene rings is 3. The molecule has 6 nitrogen and oxygen atoms in total. The number of likely N-dealkylation sites (N-methyl/N-ethyl adjacent to an activating group) is 1. The van der Waals surface area contributed by atoms with E-state index in [0.29, 0.717) is 28.9 Å². The lowest BCUT2D eigenvalue weighted by atomic mass is 9.84. The molecule has 0 unspecified atom stereocenters. The molecule has 2 aliphatic heterocycles. The van der Waals surface area contributed by atoms with Crippen molar-refractivity contribution in [3.63, 3.8) is 0 Å². The molecule has 0 aromatic heterocycles. The first-order valence-corrected chi connectivity index (χ1v) is 13.2. The van der Waals surface area contributed by atoms with Crippen LogP contribution in [0.25, 0.3) is 17.2 Å². The molecule has 10 heteroatoms. The molecule has 1 saturated heterocycles. The van der Waals surface area contributed by atoms with Crippen molar-refractivity contribution in [3.8, 4) is 16.9 Å². The first kappa shape index (κ1) is 27.5. The van der Waals surface area contributed by atoms with Gasteiger partial charge in [0.2, 0.25) is 5.91 Å². The first-order valence-electron chi connectivity index (χ1n) is 12.4. The zero-order valence-corrected chi connectivity index (χ0v) is 22.9. The maximum atomic E-state index is 13.5. The summed E-state index contributed by atoms with van der Waals surface area (Å²) < 4.78 is 44.6. The van der Waals surface area contributed by atoms with Gasteiger partial charge in [-0.1, -0.05) is 42.5 Å². The second-order valence-electron chi connectivity index (χ2n) is 10.2. The van der Waals surface area contributed by atoms with Crippen LogP contribution in [0.1, 0.15) is 36.1 Å². The molecule has 2 aliphatic rings. The highest BCUT2D eigenvalue weighted by atomic mass is 32.2. The Morgan fingerprint density at radius 2 is 1.68 bits per heavy atom. The van der Waals surface area contributed by atoms with Gasteiger partial charge in [0.1, 0.15) is 5.75 Å². The Kier molecular flexibility index (Phi) is 6.78. The highest BCUT2D eigenvalue weighted by Crippen LogP contribution is 2.47. The van der Waals surface area contributed by atoms with Gasteiger partial charge in [0.05, 0.1) is 16.9 Å². The molecule has 206 valence electrons. The predicted octanol–water partition coefficient (Wildman–Crippen LogP) is 7.05. The molecule has 5 rings (SSSR count). The summed E-state index contributed by atoms with van der Waals surface area (Å²) in [5, 5.41) is -0.436. The molecule has 2 heterocycles. The van der Waals surface area contributed by atoms with Crippen molar-refractivity contribution in [1.29, 1.82) is 0 Å². The number of anilines is 1. The maximum absolute atomic E-state index is 13.5. The zero-order chi connectivity index (χ0) is 29.0. The number of hydrogen-bond acceptors (Lipinski definition) is 5. The van der Waals surface area contributed by atoms with Crippen LogP contribution in [0.5, 0.6) is 5.75 Å². The number of alkyl halides is 3. The monoisotopic (exact) mass is 566 g/mol. The average molecular weight is 567 g/mol. The van der Waals surface area contributed by atoms with Crippen molar-refractivity contribution in [2.24, 2.45) is 0 Å². The van der Waals surface area contributed by atoms with Crippen LogP contribution in [0, 0.1) is 6.92 Å². The fraction of sp³-hybridized carbons (Fsp3) is 0.233. The molecule has 0 aliphatic carbocycles. The van der Waals surface area contributed by atoms with Gasteiger partial charge in [-0.05, 0) is 84.6 Å². The third-order valence-electron chi connectivity index (χ3n) is 7.07. The minimum Gasteiger partial charge on any atom is -0.405 e. The molecule has 0 saturated carbocycles.